The number of nitrogens with two attached hydrogens (primary N) is 1. The molecule has 0 aromatic carbocycles. The average molecular weight is 541 g/mol. The lowest BCUT2D eigenvalue weighted by atomic mass is 10.1. The second kappa shape index (κ2) is 21.0. The van der Waals surface area contributed by atoms with Crippen LogP contribution in [0.1, 0.15) is 88.0 Å². The molecule has 12 heteroatoms. The summed E-state index contributed by atoms with van der Waals surface area (Å²) in [6.07, 6.45) is 0.690. The zero-order chi connectivity index (χ0) is 27.7. The maximum absolute atomic E-state index is 11.8. The van der Waals surface area contributed by atoms with Gasteiger partial charge in [-0.05, 0) is 88.7 Å². The Labute approximate surface area is 223 Å². The van der Waals surface area contributed by atoms with Crippen LogP contribution >= 0.6 is 0 Å². The lowest BCUT2D eigenvalue weighted by Gasteiger charge is -2.23. The van der Waals surface area contributed by atoms with E-state index in [1.165, 1.54) is 0 Å². The number of rotatable bonds is 12. The van der Waals surface area contributed by atoms with Gasteiger partial charge < -0.3 is 46.8 Å². The summed E-state index contributed by atoms with van der Waals surface area (Å²) in [5, 5.41) is 8.50. The van der Waals surface area contributed by atoms with E-state index >= 15 is 0 Å². The van der Waals surface area contributed by atoms with Crippen LogP contribution in [0, 0.1) is 0 Å². The molecule has 0 fully saturated rings. The predicted octanol–water partition coefficient (Wildman–Crippen LogP) is 1.23. The lowest BCUT2D eigenvalue weighted by molar-refractivity contribution is -0.155. The van der Waals surface area contributed by atoms with Crippen molar-refractivity contribution in [3.05, 3.63) is 0 Å². The molecule has 224 valence electrons. The summed E-state index contributed by atoms with van der Waals surface area (Å²) >= 11 is 0. The van der Waals surface area contributed by atoms with E-state index < -0.39 is 23.3 Å². The number of nitrogens with one attached hydrogen (secondary N) is 3. The van der Waals surface area contributed by atoms with Crippen molar-refractivity contribution in [3.8, 4) is 0 Å². The largest absolute Gasteiger partial charge is 0.460 e. The van der Waals surface area contributed by atoms with Crippen LogP contribution in [0.4, 0.5) is 4.79 Å². The van der Waals surface area contributed by atoms with E-state index in [1.807, 2.05) is 7.05 Å². The molecule has 0 aliphatic rings. The van der Waals surface area contributed by atoms with E-state index in [2.05, 4.69) is 36.7 Å². The molecule has 12 nitrogen and oxygen atoms in total. The van der Waals surface area contributed by atoms with Gasteiger partial charge in [-0.15, -0.1) is 0 Å². The average Bonchev–Trinajstić information content (AvgIpc) is 2.63. The van der Waals surface area contributed by atoms with Crippen LogP contribution in [0.5, 0.6) is 0 Å². The Hall–Kier alpha value is -1.99. The topological polar surface area (TPSA) is 204 Å². The fourth-order valence-electron chi connectivity index (χ4n) is 2.51. The Morgan fingerprint density at radius 2 is 1.32 bits per heavy atom. The summed E-state index contributed by atoms with van der Waals surface area (Å²) in [5.74, 6) is -0.639. The third-order valence-electron chi connectivity index (χ3n) is 3.91. The van der Waals surface area contributed by atoms with Crippen molar-refractivity contribution in [1.29, 1.82) is 0 Å². The number of likely N-dealkylation sites (N-methyl/N-ethyl adjacent to an activating group) is 1. The van der Waals surface area contributed by atoms with E-state index in [4.69, 9.17) is 19.9 Å². The van der Waals surface area contributed by atoms with E-state index in [9.17, 15) is 14.4 Å². The third-order valence-corrected chi connectivity index (χ3v) is 3.91. The van der Waals surface area contributed by atoms with Crippen LogP contribution in [0.15, 0.2) is 0 Å². The van der Waals surface area contributed by atoms with Crippen LogP contribution in [-0.2, 0) is 23.8 Å². The van der Waals surface area contributed by atoms with E-state index in [0.717, 1.165) is 13.2 Å². The standard InChI is InChI=1S/C18H35N3O5.C7H17NO.2H2O/c1-17(2,3)25-15(23)8-7-14(22)20-12-10-13(9-11-19)21-16(24)26-18(4,5)6;1-7(2,3)9-6-5-8-4;;/h13H,7-12,19H2,1-6H3,(H,20,22)(H,21,24);8H,5-6H2,1-4H3;2*1H2/t13-;;;/m1.../s1. The highest BCUT2D eigenvalue weighted by Gasteiger charge is 2.20. The summed E-state index contributed by atoms with van der Waals surface area (Å²) in [4.78, 5) is 35.2. The fraction of sp³-hybridized carbons (Fsp3) is 0.880. The van der Waals surface area contributed by atoms with Crippen molar-refractivity contribution in [2.45, 2.75) is 111 Å². The molecular weight excluding hydrogens is 484 g/mol. The zero-order valence-corrected chi connectivity index (χ0v) is 24.8. The minimum atomic E-state index is -0.576. The summed E-state index contributed by atoms with van der Waals surface area (Å²) in [7, 11) is 1.92. The van der Waals surface area contributed by atoms with Gasteiger partial charge in [0.05, 0.1) is 18.6 Å². The highest BCUT2D eigenvalue weighted by Crippen LogP contribution is 2.10. The number of alkyl carbamates (subject to hydrolysis) is 1. The molecule has 0 aliphatic carbocycles. The van der Waals surface area contributed by atoms with Crippen LogP contribution in [0.2, 0.25) is 0 Å². The molecular formula is C25H56N4O8. The molecule has 0 bridgehead atoms. The molecule has 0 heterocycles. The predicted molar refractivity (Wildman–Crippen MR) is 146 cm³/mol. The van der Waals surface area contributed by atoms with Crippen molar-refractivity contribution in [1.82, 2.24) is 16.0 Å². The molecule has 0 saturated carbocycles. The SMILES string of the molecule is CC(C)(C)OC(=O)CCC(=O)NCC[C@@H](CCN)NC(=O)OC(C)(C)C.CNCCOC(C)(C)C.O.O. The highest BCUT2D eigenvalue weighted by molar-refractivity contribution is 5.81. The molecule has 0 aromatic rings. The summed E-state index contributed by atoms with van der Waals surface area (Å²) in [5.41, 5.74) is 4.44. The van der Waals surface area contributed by atoms with Gasteiger partial charge in [0, 0.05) is 25.6 Å². The number of carbonyl (C=O) groups is 3. The molecule has 1 atom stereocenters. The van der Waals surface area contributed by atoms with E-state index in [0.29, 0.717) is 25.9 Å². The van der Waals surface area contributed by atoms with Gasteiger partial charge in [-0.25, -0.2) is 4.79 Å². The van der Waals surface area contributed by atoms with Crippen molar-refractivity contribution in [2.24, 2.45) is 5.73 Å². The number of hydrogen-bond donors (Lipinski definition) is 4. The van der Waals surface area contributed by atoms with Gasteiger partial charge in [-0.2, -0.15) is 0 Å². The maximum Gasteiger partial charge on any atom is 0.407 e. The molecule has 0 aliphatic heterocycles. The summed E-state index contributed by atoms with van der Waals surface area (Å²) in [6, 6.07) is -0.194. The minimum Gasteiger partial charge on any atom is -0.460 e. The van der Waals surface area contributed by atoms with Crippen LogP contribution in [0.3, 0.4) is 0 Å². The maximum atomic E-state index is 11.8. The Bertz CT molecular complexity index is 611. The number of esters is 1. The van der Waals surface area contributed by atoms with Gasteiger partial charge >= 0.3 is 12.1 Å². The molecule has 0 radical (unpaired) electrons. The van der Waals surface area contributed by atoms with Gasteiger partial charge in [0.1, 0.15) is 11.2 Å². The van der Waals surface area contributed by atoms with Crippen molar-refractivity contribution in [3.63, 3.8) is 0 Å². The normalized spacial score (nSPS) is 12.0. The van der Waals surface area contributed by atoms with Gasteiger partial charge in [0.25, 0.3) is 0 Å². The Morgan fingerprint density at radius 1 is 0.784 bits per heavy atom. The molecule has 0 saturated heterocycles. The van der Waals surface area contributed by atoms with Crippen LogP contribution < -0.4 is 21.7 Å². The zero-order valence-electron chi connectivity index (χ0n) is 24.8. The molecule has 0 spiro atoms. The highest BCUT2D eigenvalue weighted by atomic mass is 16.6. The monoisotopic (exact) mass is 540 g/mol. The molecule has 37 heavy (non-hydrogen) atoms. The first kappa shape index (κ1) is 42.1. The second-order valence-electron chi connectivity index (χ2n) is 11.2. The first-order chi connectivity index (χ1) is 15.9. The summed E-state index contributed by atoms with van der Waals surface area (Å²) < 4.78 is 15.8. The van der Waals surface area contributed by atoms with Crippen LogP contribution in [0.25, 0.3) is 0 Å². The smallest absolute Gasteiger partial charge is 0.407 e. The second-order valence-corrected chi connectivity index (χ2v) is 11.2. The Kier molecular flexibility index (Phi) is 23.9. The van der Waals surface area contributed by atoms with E-state index in [-0.39, 0.29) is 41.3 Å². The Morgan fingerprint density at radius 3 is 1.76 bits per heavy atom. The van der Waals surface area contributed by atoms with Gasteiger partial charge in [-0.3, -0.25) is 9.59 Å². The number of carbonyl (C=O) groups excluding carboxylic acids is 3. The lowest BCUT2D eigenvalue weighted by Crippen LogP contribution is -2.42. The van der Waals surface area contributed by atoms with Crippen molar-refractivity contribution in [2.75, 3.05) is 33.3 Å². The van der Waals surface area contributed by atoms with Gasteiger partial charge in [-0.1, -0.05) is 0 Å². The molecule has 0 unspecified atom stereocenters. The van der Waals surface area contributed by atoms with Gasteiger partial charge in [0.2, 0.25) is 5.91 Å². The van der Waals surface area contributed by atoms with E-state index in [1.54, 1.807) is 41.5 Å². The van der Waals surface area contributed by atoms with Gasteiger partial charge in [0.15, 0.2) is 0 Å². The number of ether oxygens (including phenoxy) is 3. The summed E-state index contributed by atoms with van der Waals surface area (Å²) in [6.45, 7) is 19.4. The first-order valence-corrected chi connectivity index (χ1v) is 12.3. The van der Waals surface area contributed by atoms with Crippen molar-refractivity contribution >= 4 is 18.0 Å². The van der Waals surface area contributed by atoms with Crippen molar-refractivity contribution < 1.29 is 39.5 Å². The number of amides is 2. The quantitative estimate of drug-likeness (QED) is 0.209. The first-order valence-electron chi connectivity index (χ1n) is 12.3. The molecule has 0 aromatic heterocycles. The third kappa shape index (κ3) is 34.0. The fourth-order valence-corrected chi connectivity index (χ4v) is 2.51. The van der Waals surface area contributed by atoms with Crippen LogP contribution in [-0.4, -0.2) is 85.1 Å². The number of hydrogen-bond acceptors (Lipinski definition) is 8. The minimum absolute atomic E-state index is 0. The molecule has 9 N–H and O–H groups in total. The Balaban J connectivity index is -0.000000422. The molecule has 0 rings (SSSR count). The molecule has 2 amide bonds.